The average molecular weight is 439 g/mol. The lowest BCUT2D eigenvalue weighted by atomic mass is 10.3. The fourth-order valence-electron chi connectivity index (χ4n) is 2.01. The van der Waals surface area contributed by atoms with Crippen molar-refractivity contribution in [3.8, 4) is 0 Å². The number of benzene rings is 2. The van der Waals surface area contributed by atoms with Gasteiger partial charge in [-0.2, -0.15) is 0 Å². The molecular formula is C14H10Cl3N3O5S. The Bertz CT molecular complexity index is 997. The summed E-state index contributed by atoms with van der Waals surface area (Å²) >= 11 is 17.6. The van der Waals surface area contributed by atoms with Crippen molar-refractivity contribution in [1.82, 2.24) is 0 Å². The fraction of sp³-hybridized carbons (Fsp3) is 0.0714. The topological polar surface area (TPSA) is 124 Å². The van der Waals surface area contributed by atoms with Crippen LogP contribution in [0, 0.1) is 10.1 Å². The largest absolute Gasteiger partial charge is 0.368 e. The van der Waals surface area contributed by atoms with Gasteiger partial charge in [-0.05, 0) is 24.3 Å². The van der Waals surface area contributed by atoms with Crippen LogP contribution < -0.4 is 10.0 Å². The van der Waals surface area contributed by atoms with Crippen molar-refractivity contribution in [2.24, 2.45) is 5.73 Å². The lowest BCUT2D eigenvalue weighted by molar-refractivity contribution is -0.384. The number of carbonyl (C=O) groups excluding carboxylic acids is 1. The van der Waals surface area contributed by atoms with E-state index in [4.69, 9.17) is 40.5 Å². The van der Waals surface area contributed by atoms with Gasteiger partial charge in [-0.1, -0.05) is 34.8 Å². The molecule has 2 N–H and O–H groups in total. The predicted molar refractivity (Wildman–Crippen MR) is 98.3 cm³/mol. The van der Waals surface area contributed by atoms with Crippen molar-refractivity contribution in [3.05, 3.63) is 61.6 Å². The number of nitro groups is 1. The minimum atomic E-state index is -4.37. The second kappa shape index (κ2) is 7.67. The maximum absolute atomic E-state index is 13.0. The summed E-state index contributed by atoms with van der Waals surface area (Å²) in [6.07, 6.45) is 0. The average Bonchev–Trinajstić information content (AvgIpc) is 2.55. The van der Waals surface area contributed by atoms with Crippen LogP contribution in [0.1, 0.15) is 0 Å². The summed E-state index contributed by atoms with van der Waals surface area (Å²) in [7, 11) is -4.37. The molecule has 26 heavy (non-hydrogen) atoms. The molecule has 12 heteroatoms. The number of nitro benzene ring substituents is 1. The Labute approximate surface area is 163 Å². The highest BCUT2D eigenvalue weighted by atomic mass is 35.5. The van der Waals surface area contributed by atoms with Gasteiger partial charge in [-0.3, -0.25) is 19.2 Å². The zero-order chi connectivity index (χ0) is 19.6. The van der Waals surface area contributed by atoms with Crippen LogP contribution in [0.15, 0.2) is 41.3 Å². The van der Waals surface area contributed by atoms with Gasteiger partial charge in [0, 0.05) is 12.1 Å². The number of rotatable bonds is 6. The second-order valence-electron chi connectivity index (χ2n) is 4.95. The van der Waals surface area contributed by atoms with E-state index in [0.717, 1.165) is 24.3 Å². The van der Waals surface area contributed by atoms with Crippen LogP contribution in [0.25, 0.3) is 0 Å². The monoisotopic (exact) mass is 437 g/mol. The first-order valence-electron chi connectivity index (χ1n) is 6.74. The standard InChI is InChI=1S/C14H10Cl3N3O5S/c15-10-4-2-9(6-12(10)17)26(24,25)19(7-14(18)21)13-5-8(20(22)23)1-3-11(13)16/h1-6H,7H2,(H2,18,21). The number of amides is 1. The highest BCUT2D eigenvalue weighted by Gasteiger charge is 2.30. The van der Waals surface area contributed by atoms with Crippen molar-refractivity contribution in [2.75, 3.05) is 10.8 Å². The molecule has 0 saturated heterocycles. The highest BCUT2D eigenvalue weighted by Crippen LogP contribution is 2.34. The molecule has 0 radical (unpaired) electrons. The molecule has 138 valence electrons. The number of hydrogen-bond acceptors (Lipinski definition) is 5. The molecular weight excluding hydrogens is 429 g/mol. The number of halogens is 3. The first kappa shape index (κ1) is 20.2. The minimum Gasteiger partial charge on any atom is -0.368 e. The van der Waals surface area contributed by atoms with Crippen LogP contribution in [0.2, 0.25) is 15.1 Å². The zero-order valence-electron chi connectivity index (χ0n) is 12.7. The third kappa shape index (κ3) is 4.18. The Kier molecular flexibility index (Phi) is 5.97. The van der Waals surface area contributed by atoms with Gasteiger partial charge in [0.05, 0.1) is 30.6 Å². The maximum atomic E-state index is 13.0. The van der Waals surface area contributed by atoms with Crippen LogP contribution in [0.4, 0.5) is 11.4 Å². The van der Waals surface area contributed by atoms with E-state index in [9.17, 15) is 23.3 Å². The molecule has 8 nitrogen and oxygen atoms in total. The number of primary amides is 1. The van der Waals surface area contributed by atoms with Gasteiger partial charge in [0.15, 0.2) is 0 Å². The molecule has 0 aromatic heterocycles. The first-order valence-corrected chi connectivity index (χ1v) is 9.31. The summed E-state index contributed by atoms with van der Waals surface area (Å²) in [5, 5.41) is 11.0. The van der Waals surface area contributed by atoms with Gasteiger partial charge < -0.3 is 5.73 Å². The molecule has 0 aliphatic heterocycles. The summed E-state index contributed by atoms with van der Waals surface area (Å²) < 4.78 is 26.5. The van der Waals surface area contributed by atoms with Crippen molar-refractivity contribution in [1.29, 1.82) is 0 Å². The summed E-state index contributed by atoms with van der Waals surface area (Å²) in [6, 6.07) is 6.68. The van der Waals surface area contributed by atoms with E-state index in [1.54, 1.807) is 0 Å². The van der Waals surface area contributed by atoms with Gasteiger partial charge in [-0.25, -0.2) is 8.42 Å². The molecule has 2 rings (SSSR count). The summed E-state index contributed by atoms with van der Waals surface area (Å²) in [5.74, 6) is -0.990. The molecule has 1 amide bonds. The molecule has 2 aromatic rings. The molecule has 2 aromatic carbocycles. The number of anilines is 1. The molecule has 0 spiro atoms. The maximum Gasteiger partial charge on any atom is 0.271 e. The van der Waals surface area contributed by atoms with E-state index in [1.165, 1.54) is 12.1 Å². The van der Waals surface area contributed by atoms with Crippen LogP contribution in [-0.4, -0.2) is 25.8 Å². The third-order valence-electron chi connectivity index (χ3n) is 3.19. The highest BCUT2D eigenvalue weighted by molar-refractivity contribution is 7.92. The number of hydrogen-bond donors (Lipinski definition) is 1. The number of carbonyl (C=O) groups is 1. The van der Waals surface area contributed by atoms with Crippen molar-refractivity contribution >= 4 is 62.1 Å². The Morgan fingerprint density at radius 1 is 1.08 bits per heavy atom. The van der Waals surface area contributed by atoms with Crippen molar-refractivity contribution < 1.29 is 18.1 Å². The second-order valence-corrected chi connectivity index (χ2v) is 8.03. The Hall–Kier alpha value is -2.07. The van der Waals surface area contributed by atoms with Crippen LogP contribution in [0.3, 0.4) is 0 Å². The lowest BCUT2D eigenvalue weighted by Gasteiger charge is -2.24. The van der Waals surface area contributed by atoms with Gasteiger partial charge in [0.2, 0.25) is 5.91 Å². The van der Waals surface area contributed by atoms with Crippen molar-refractivity contribution in [2.45, 2.75) is 4.90 Å². The normalized spacial score (nSPS) is 11.2. The van der Waals surface area contributed by atoms with Crippen LogP contribution >= 0.6 is 34.8 Å². The molecule has 0 aliphatic carbocycles. The van der Waals surface area contributed by atoms with E-state index in [-0.39, 0.29) is 25.7 Å². The molecule has 0 heterocycles. The van der Waals surface area contributed by atoms with Gasteiger partial charge >= 0.3 is 0 Å². The summed E-state index contributed by atoms with van der Waals surface area (Å²) in [6.45, 7) is -0.788. The molecule has 0 atom stereocenters. The van der Waals surface area contributed by atoms with E-state index in [2.05, 4.69) is 0 Å². The first-order chi connectivity index (χ1) is 12.0. The smallest absolute Gasteiger partial charge is 0.271 e. The molecule has 0 fully saturated rings. The lowest BCUT2D eigenvalue weighted by Crippen LogP contribution is -2.38. The Morgan fingerprint density at radius 2 is 1.69 bits per heavy atom. The zero-order valence-corrected chi connectivity index (χ0v) is 15.8. The SMILES string of the molecule is NC(=O)CN(c1cc([N+](=O)[O-])ccc1Cl)S(=O)(=O)c1ccc(Cl)c(Cl)c1. The Morgan fingerprint density at radius 3 is 2.23 bits per heavy atom. The predicted octanol–water partition coefficient (Wildman–Crippen LogP) is 3.24. The van der Waals surface area contributed by atoms with Gasteiger partial charge in [-0.15, -0.1) is 0 Å². The number of non-ortho nitro benzene ring substituents is 1. The Balaban J connectivity index is 2.67. The number of nitrogens with zero attached hydrogens (tertiary/aromatic N) is 2. The summed E-state index contributed by atoms with van der Waals surface area (Å²) in [4.78, 5) is 21.4. The summed E-state index contributed by atoms with van der Waals surface area (Å²) in [5.41, 5.74) is 4.45. The van der Waals surface area contributed by atoms with E-state index in [1.807, 2.05) is 0 Å². The molecule has 0 unspecified atom stereocenters. The van der Waals surface area contributed by atoms with E-state index in [0.29, 0.717) is 4.31 Å². The minimum absolute atomic E-state index is 0.0306. The molecule has 0 saturated carbocycles. The fourth-order valence-corrected chi connectivity index (χ4v) is 4.11. The van der Waals surface area contributed by atoms with Gasteiger partial charge in [0.25, 0.3) is 15.7 Å². The number of sulfonamides is 1. The van der Waals surface area contributed by atoms with Crippen LogP contribution in [-0.2, 0) is 14.8 Å². The molecule has 0 bridgehead atoms. The van der Waals surface area contributed by atoms with Gasteiger partial charge in [0.1, 0.15) is 6.54 Å². The quantitative estimate of drug-likeness (QED) is 0.547. The van der Waals surface area contributed by atoms with Crippen molar-refractivity contribution in [3.63, 3.8) is 0 Å². The molecule has 0 aliphatic rings. The van der Waals surface area contributed by atoms with E-state index >= 15 is 0 Å². The third-order valence-corrected chi connectivity index (χ3v) is 6.00. The van der Waals surface area contributed by atoms with Crippen LogP contribution in [0.5, 0.6) is 0 Å². The van der Waals surface area contributed by atoms with E-state index < -0.39 is 33.1 Å². The number of nitrogens with two attached hydrogens (primary N) is 1.